The maximum absolute atomic E-state index is 12.2. The number of hydrogen-bond donors (Lipinski definition) is 2. The predicted molar refractivity (Wildman–Crippen MR) is 79.1 cm³/mol. The molecule has 1 amide bonds. The quantitative estimate of drug-likeness (QED) is 0.886. The monoisotopic (exact) mass is 306 g/mol. The Kier molecular flexibility index (Phi) is 4.54. The van der Waals surface area contributed by atoms with E-state index in [4.69, 9.17) is 9.84 Å². The van der Waals surface area contributed by atoms with Gasteiger partial charge < -0.3 is 15.2 Å². The second-order valence-corrected chi connectivity index (χ2v) is 5.18. The molecule has 110 valence electrons. The minimum absolute atomic E-state index is 0.0491. The zero-order valence-electron chi connectivity index (χ0n) is 11.5. The highest BCUT2D eigenvalue weighted by Crippen LogP contribution is 2.26. The third-order valence-corrected chi connectivity index (χ3v) is 3.90. The molecule has 1 aromatic heterocycles. The van der Waals surface area contributed by atoms with Crippen molar-refractivity contribution in [3.8, 4) is 5.75 Å². The number of carboxylic acid groups (broad SMARTS) is 1. The number of carbonyl (C=O) groups excluding carboxylic acids is 1. The van der Waals surface area contributed by atoms with Gasteiger partial charge in [0.05, 0.1) is 18.7 Å². The number of carboxylic acids is 1. The molecule has 0 spiro atoms. The van der Waals surface area contributed by atoms with E-state index in [0.717, 1.165) is 11.3 Å². The highest BCUT2D eigenvalue weighted by Gasteiger charge is 2.21. The van der Waals surface area contributed by atoms with Gasteiger partial charge in [-0.1, -0.05) is 12.1 Å². The highest BCUT2D eigenvalue weighted by molar-refractivity contribution is 7.10. The van der Waals surface area contributed by atoms with Crippen LogP contribution < -0.4 is 10.1 Å². The fourth-order valence-electron chi connectivity index (χ4n) is 1.69. The van der Waals surface area contributed by atoms with E-state index in [-0.39, 0.29) is 11.6 Å². The molecule has 2 rings (SSSR count). The van der Waals surface area contributed by atoms with Gasteiger partial charge in [0.15, 0.2) is 5.69 Å². The van der Waals surface area contributed by atoms with Crippen molar-refractivity contribution in [3.05, 3.63) is 40.3 Å². The zero-order chi connectivity index (χ0) is 15.4. The summed E-state index contributed by atoms with van der Waals surface area (Å²) in [4.78, 5) is 27.0. The summed E-state index contributed by atoms with van der Waals surface area (Å²) >= 11 is 1.15. The summed E-state index contributed by atoms with van der Waals surface area (Å²) in [7, 11) is 1.52. The predicted octanol–water partition coefficient (Wildman–Crippen LogP) is 2.59. The topological polar surface area (TPSA) is 88.5 Å². The number of rotatable bonds is 5. The fourth-order valence-corrected chi connectivity index (χ4v) is 2.53. The number of benzene rings is 1. The zero-order valence-corrected chi connectivity index (χ0v) is 12.3. The number of methoxy groups -OCH3 is 1. The summed E-state index contributed by atoms with van der Waals surface area (Å²) in [6.45, 7) is 1.68. The molecule has 1 atom stereocenters. The van der Waals surface area contributed by atoms with Crippen LogP contribution in [-0.4, -0.2) is 29.1 Å². The Bertz CT molecular complexity index is 668. The number of ether oxygens (including phenoxy) is 1. The van der Waals surface area contributed by atoms with Crippen molar-refractivity contribution in [2.45, 2.75) is 12.8 Å². The molecule has 2 aromatic rings. The van der Waals surface area contributed by atoms with E-state index in [1.807, 2.05) is 0 Å². The second-order valence-electron chi connectivity index (χ2n) is 4.29. The van der Waals surface area contributed by atoms with Crippen LogP contribution in [0.2, 0.25) is 0 Å². The van der Waals surface area contributed by atoms with Gasteiger partial charge in [-0.05, 0) is 19.1 Å². The van der Waals surface area contributed by atoms with Gasteiger partial charge in [0.1, 0.15) is 10.8 Å². The smallest absolute Gasteiger partial charge is 0.355 e. The molecular formula is C14H14N2O4S. The minimum atomic E-state index is -1.10. The number of thiazole rings is 1. The average molecular weight is 306 g/mol. The number of para-hydroxylation sites is 2. The fraction of sp³-hybridized carbons (Fsp3) is 0.214. The van der Waals surface area contributed by atoms with Crippen molar-refractivity contribution in [2.24, 2.45) is 0 Å². The molecule has 0 saturated carbocycles. The van der Waals surface area contributed by atoms with E-state index < -0.39 is 11.9 Å². The second kappa shape index (κ2) is 6.36. The Morgan fingerprint density at radius 1 is 1.38 bits per heavy atom. The maximum atomic E-state index is 12.2. The van der Waals surface area contributed by atoms with Crippen LogP contribution in [0, 0.1) is 0 Å². The van der Waals surface area contributed by atoms with E-state index in [1.54, 1.807) is 31.2 Å². The summed E-state index contributed by atoms with van der Waals surface area (Å²) in [6, 6.07) is 7.06. The molecule has 1 aromatic carbocycles. The molecule has 21 heavy (non-hydrogen) atoms. The van der Waals surface area contributed by atoms with Gasteiger partial charge in [-0.25, -0.2) is 9.78 Å². The van der Waals surface area contributed by atoms with Crippen LogP contribution >= 0.6 is 11.3 Å². The third-order valence-electron chi connectivity index (χ3n) is 2.87. The molecule has 2 N–H and O–H groups in total. The molecular weight excluding hydrogens is 292 g/mol. The van der Waals surface area contributed by atoms with Crippen molar-refractivity contribution in [1.82, 2.24) is 4.98 Å². The van der Waals surface area contributed by atoms with Gasteiger partial charge >= 0.3 is 5.97 Å². The summed E-state index contributed by atoms with van der Waals surface area (Å²) in [5, 5.41) is 13.5. The lowest BCUT2D eigenvalue weighted by atomic mass is 10.1. The van der Waals surface area contributed by atoms with Crippen molar-refractivity contribution in [3.63, 3.8) is 0 Å². The minimum Gasteiger partial charge on any atom is -0.495 e. The molecule has 0 aliphatic heterocycles. The molecule has 0 aliphatic rings. The molecule has 0 fully saturated rings. The van der Waals surface area contributed by atoms with Crippen molar-refractivity contribution in [1.29, 1.82) is 0 Å². The first-order valence-corrected chi connectivity index (χ1v) is 7.03. The summed E-state index contributed by atoms with van der Waals surface area (Å²) < 4.78 is 5.16. The normalized spacial score (nSPS) is 11.7. The van der Waals surface area contributed by atoms with E-state index >= 15 is 0 Å². The van der Waals surface area contributed by atoms with Crippen molar-refractivity contribution in [2.75, 3.05) is 12.4 Å². The number of hydrogen-bond acceptors (Lipinski definition) is 5. The van der Waals surface area contributed by atoms with Crippen molar-refractivity contribution >= 4 is 28.9 Å². The Balaban J connectivity index is 2.13. The first-order chi connectivity index (χ1) is 10.0. The molecule has 6 nitrogen and oxygen atoms in total. The van der Waals surface area contributed by atoms with Crippen LogP contribution in [0.5, 0.6) is 5.75 Å². The van der Waals surface area contributed by atoms with Gasteiger partial charge in [-0.3, -0.25) is 4.79 Å². The number of carbonyl (C=O) groups is 2. The number of nitrogens with one attached hydrogen (secondary N) is 1. The van der Waals surface area contributed by atoms with Crippen LogP contribution in [0.15, 0.2) is 29.6 Å². The molecule has 0 aliphatic carbocycles. The molecule has 0 unspecified atom stereocenters. The van der Waals surface area contributed by atoms with E-state index in [0.29, 0.717) is 16.4 Å². The number of amides is 1. The number of aromatic nitrogens is 1. The molecule has 0 bridgehead atoms. The number of anilines is 1. The Morgan fingerprint density at radius 3 is 2.71 bits per heavy atom. The van der Waals surface area contributed by atoms with E-state index in [1.165, 1.54) is 12.5 Å². The number of nitrogens with zero attached hydrogens (tertiary/aromatic N) is 1. The standard InChI is InChI=1S/C14H14N2O4S/c1-8(13-16-10(7-21-13)14(18)19)12(17)15-9-5-3-4-6-11(9)20-2/h3-8H,1-2H3,(H,15,17)(H,18,19)/t8-/m1/s1. The van der Waals surface area contributed by atoms with Gasteiger partial charge in [0.25, 0.3) is 0 Å². The molecule has 1 heterocycles. The summed E-state index contributed by atoms with van der Waals surface area (Å²) in [5.41, 5.74) is 0.513. The average Bonchev–Trinajstić information content (AvgIpc) is 2.97. The first kappa shape index (κ1) is 15.0. The van der Waals surface area contributed by atoms with Gasteiger partial charge in [-0.2, -0.15) is 0 Å². The van der Waals surface area contributed by atoms with Gasteiger partial charge in [-0.15, -0.1) is 11.3 Å². The van der Waals surface area contributed by atoms with Crippen molar-refractivity contribution < 1.29 is 19.4 Å². The first-order valence-electron chi connectivity index (χ1n) is 6.15. The Hall–Kier alpha value is -2.41. The van der Waals surface area contributed by atoms with Gasteiger partial charge in [0, 0.05) is 5.38 Å². The molecule has 0 radical (unpaired) electrons. The lowest BCUT2D eigenvalue weighted by molar-refractivity contribution is -0.117. The van der Waals surface area contributed by atoms with Crippen LogP contribution in [0.1, 0.15) is 28.3 Å². The van der Waals surface area contributed by atoms with E-state index in [2.05, 4.69) is 10.3 Å². The molecule has 7 heteroatoms. The lowest BCUT2D eigenvalue weighted by Gasteiger charge is -2.12. The lowest BCUT2D eigenvalue weighted by Crippen LogP contribution is -2.19. The van der Waals surface area contributed by atoms with Crippen LogP contribution in [-0.2, 0) is 4.79 Å². The van der Waals surface area contributed by atoms with Crippen LogP contribution in [0.25, 0.3) is 0 Å². The third kappa shape index (κ3) is 3.38. The SMILES string of the molecule is COc1ccccc1NC(=O)[C@@H](C)c1nc(C(=O)O)cs1. The Labute approximate surface area is 125 Å². The molecule has 0 saturated heterocycles. The van der Waals surface area contributed by atoms with E-state index in [9.17, 15) is 9.59 Å². The van der Waals surface area contributed by atoms with Crippen LogP contribution in [0.3, 0.4) is 0 Å². The highest BCUT2D eigenvalue weighted by atomic mass is 32.1. The summed E-state index contributed by atoms with van der Waals surface area (Å²) in [5.74, 6) is -1.36. The van der Waals surface area contributed by atoms with Gasteiger partial charge in [0.2, 0.25) is 5.91 Å². The largest absolute Gasteiger partial charge is 0.495 e. The maximum Gasteiger partial charge on any atom is 0.355 e. The number of aromatic carboxylic acids is 1. The van der Waals surface area contributed by atoms with Crippen LogP contribution in [0.4, 0.5) is 5.69 Å². The Morgan fingerprint density at radius 2 is 2.10 bits per heavy atom. The summed E-state index contributed by atoms with van der Waals surface area (Å²) in [6.07, 6.45) is 0.